The molecule has 1 aromatic rings. The molecule has 2 saturated heterocycles. The molecule has 5 nitrogen and oxygen atoms in total. The highest BCUT2D eigenvalue weighted by atomic mass is 16.5. The molecule has 0 bridgehead atoms. The highest BCUT2D eigenvalue weighted by Gasteiger charge is 2.21. The van der Waals surface area contributed by atoms with Gasteiger partial charge in [0.25, 0.3) is 0 Å². The van der Waals surface area contributed by atoms with Gasteiger partial charge in [-0.3, -0.25) is 9.59 Å². The molecule has 0 aromatic heterocycles. The largest absolute Gasteiger partial charge is 0.381 e. The number of carbonyl (C=O) groups is 2. The number of carbonyl (C=O) groups excluding carboxylic acids is 2. The molecule has 0 unspecified atom stereocenters. The molecular weight excluding hydrogens is 304 g/mol. The standard InChI is InChI=1S/C19H26N2O3/c22-18(11-15-5-4-10-24-14-15)20-12-16-6-1-2-7-17(16)13-21-9-3-8-19(21)23/h1-2,6-7,15H,3-5,8-14H2,(H,20,22)/t15-/m1/s1. The van der Waals surface area contributed by atoms with Gasteiger partial charge in [-0.05, 0) is 36.3 Å². The Morgan fingerprint density at radius 2 is 2.08 bits per heavy atom. The molecule has 0 radical (unpaired) electrons. The van der Waals surface area contributed by atoms with Crippen molar-refractivity contribution in [2.45, 2.75) is 45.2 Å². The second-order valence-corrected chi connectivity index (χ2v) is 6.75. The molecule has 0 saturated carbocycles. The van der Waals surface area contributed by atoms with Crippen LogP contribution >= 0.6 is 0 Å². The van der Waals surface area contributed by atoms with Gasteiger partial charge in [-0.2, -0.15) is 0 Å². The molecule has 2 heterocycles. The fourth-order valence-electron chi connectivity index (χ4n) is 3.46. The third kappa shape index (κ3) is 4.57. The van der Waals surface area contributed by atoms with E-state index < -0.39 is 0 Å². The number of rotatable bonds is 6. The lowest BCUT2D eigenvalue weighted by Crippen LogP contribution is -2.29. The Kier molecular flexibility index (Phi) is 5.86. The molecule has 1 aromatic carbocycles. The van der Waals surface area contributed by atoms with Crippen LogP contribution in [0.3, 0.4) is 0 Å². The summed E-state index contributed by atoms with van der Waals surface area (Å²) in [6, 6.07) is 8.04. The number of hydrogen-bond acceptors (Lipinski definition) is 3. The van der Waals surface area contributed by atoms with Crippen LogP contribution in [-0.4, -0.2) is 36.5 Å². The average Bonchev–Trinajstić information content (AvgIpc) is 3.00. The number of amides is 2. The molecule has 2 aliphatic heterocycles. The Labute approximate surface area is 143 Å². The van der Waals surface area contributed by atoms with E-state index in [4.69, 9.17) is 4.74 Å². The van der Waals surface area contributed by atoms with Crippen molar-refractivity contribution in [1.82, 2.24) is 10.2 Å². The Bertz CT molecular complexity index is 582. The normalized spacial score (nSPS) is 21.1. The Balaban J connectivity index is 1.52. The molecule has 0 aliphatic carbocycles. The predicted molar refractivity (Wildman–Crippen MR) is 91.1 cm³/mol. The van der Waals surface area contributed by atoms with Crippen molar-refractivity contribution in [3.8, 4) is 0 Å². The number of nitrogens with zero attached hydrogens (tertiary/aromatic N) is 1. The average molecular weight is 330 g/mol. The van der Waals surface area contributed by atoms with Crippen LogP contribution in [0.1, 0.15) is 43.2 Å². The van der Waals surface area contributed by atoms with Gasteiger partial charge in [0.1, 0.15) is 0 Å². The summed E-state index contributed by atoms with van der Waals surface area (Å²) >= 11 is 0. The number of ether oxygens (including phenoxy) is 1. The van der Waals surface area contributed by atoms with Crippen LogP contribution in [-0.2, 0) is 27.4 Å². The van der Waals surface area contributed by atoms with Crippen LogP contribution in [0.5, 0.6) is 0 Å². The molecule has 0 spiro atoms. The van der Waals surface area contributed by atoms with Gasteiger partial charge in [0.05, 0.1) is 0 Å². The summed E-state index contributed by atoms with van der Waals surface area (Å²) < 4.78 is 5.43. The number of benzene rings is 1. The third-order valence-electron chi connectivity index (χ3n) is 4.86. The molecule has 5 heteroatoms. The van der Waals surface area contributed by atoms with Gasteiger partial charge in [0.2, 0.25) is 11.8 Å². The van der Waals surface area contributed by atoms with Gasteiger partial charge in [-0.1, -0.05) is 24.3 Å². The van der Waals surface area contributed by atoms with E-state index >= 15 is 0 Å². The summed E-state index contributed by atoms with van der Waals surface area (Å²) in [6.07, 6.45) is 4.25. The molecule has 3 rings (SSSR count). The van der Waals surface area contributed by atoms with E-state index in [0.717, 1.165) is 43.5 Å². The van der Waals surface area contributed by atoms with E-state index in [0.29, 0.717) is 38.5 Å². The smallest absolute Gasteiger partial charge is 0.222 e. The minimum absolute atomic E-state index is 0.0811. The first-order valence-corrected chi connectivity index (χ1v) is 8.91. The summed E-state index contributed by atoms with van der Waals surface area (Å²) in [5, 5.41) is 3.02. The van der Waals surface area contributed by atoms with Crippen molar-refractivity contribution in [1.29, 1.82) is 0 Å². The van der Waals surface area contributed by atoms with Crippen LogP contribution in [0.4, 0.5) is 0 Å². The van der Waals surface area contributed by atoms with Crippen LogP contribution in [0, 0.1) is 5.92 Å². The van der Waals surface area contributed by atoms with Crippen molar-refractivity contribution in [3.05, 3.63) is 35.4 Å². The predicted octanol–water partition coefficient (Wildman–Crippen LogP) is 2.24. The molecule has 2 fully saturated rings. The van der Waals surface area contributed by atoms with Crippen LogP contribution < -0.4 is 5.32 Å². The van der Waals surface area contributed by atoms with Crippen molar-refractivity contribution >= 4 is 11.8 Å². The van der Waals surface area contributed by atoms with Gasteiger partial charge in [0, 0.05) is 45.7 Å². The zero-order chi connectivity index (χ0) is 16.8. The summed E-state index contributed by atoms with van der Waals surface area (Å²) in [5.41, 5.74) is 2.21. The third-order valence-corrected chi connectivity index (χ3v) is 4.86. The fourth-order valence-corrected chi connectivity index (χ4v) is 3.46. The Hall–Kier alpha value is -1.88. The maximum atomic E-state index is 12.2. The Morgan fingerprint density at radius 1 is 1.25 bits per heavy atom. The monoisotopic (exact) mass is 330 g/mol. The van der Waals surface area contributed by atoms with Crippen molar-refractivity contribution in [2.75, 3.05) is 19.8 Å². The lowest BCUT2D eigenvalue weighted by Gasteiger charge is -2.22. The highest BCUT2D eigenvalue weighted by molar-refractivity contribution is 5.78. The lowest BCUT2D eigenvalue weighted by atomic mass is 9.98. The van der Waals surface area contributed by atoms with Gasteiger partial charge in [-0.25, -0.2) is 0 Å². The van der Waals surface area contributed by atoms with E-state index in [-0.39, 0.29) is 11.8 Å². The van der Waals surface area contributed by atoms with Crippen molar-refractivity contribution < 1.29 is 14.3 Å². The molecule has 1 atom stereocenters. The maximum absolute atomic E-state index is 12.2. The summed E-state index contributed by atoms with van der Waals surface area (Å²) in [5.74, 6) is 0.653. The Morgan fingerprint density at radius 3 is 2.79 bits per heavy atom. The molecule has 1 N–H and O–H groups in total. The van der Waals surface area contributed by atoms with Crippen molar-refractivity contribution in [3.63, 3.8) is 0 Å². The first-order chi connectivity index (χ1) is 11.7. The number of hydrogen-bond donors (Lipinski definition) is 1. The molecule has 2 aliphatic rings. The molecule has 2 amide bonds. The van der Waals surface area contributed by atoms with Crippen LogP contribution in [0.15, 0.2) is 24.3 Å². The molecule has 130 valence electrons. The zero-order valence-electron chi connectivity index (χ0n) is 14.1. The van der Waals surface area contributed by atoms with Crippen molar-refractivity contribution in [2.24, 2.45) is 5.92 Å². The zero-order valence-corrected chi connectivity index (χ0v) is 14.1. The summed E-state index contributed by atoms with van der Waals surface area (Å²) in [4.78, 5) is 25.9. The van der Waals surface area contributed by atoms with Gasteiger partial charge in [0.15, 0.2) is 0 Å². The van der Waals surface area contributed by atoms with E-state index in [9.17, 15) is 9.59 Å². The van der Waals surface area contributed by atoms with E-state index in [1.165, 1.54) is 0 Å². The minimum atomic E-state index is 0.0811. The van der Waals surface area contributed by atoms with E-state index in [1.807, 2.05) is 29.2 Å². The maximum Gasteiger partial charge on any atom is 0.222 e. The van der Waals surface area contributed by atoms with Gasteiger partial charge < -0.3 is 15.0 Å². The van der Waals surface area contributed by atoms with E-state index in [2.05, 4.69) is 5.32 Å². The highest BCUT2D eigenvalue weighted by Crippen LogP contribution is 2.18. The van der Waals surface area contributed by atoms with Gasteiger partial charge >= 0.3 is 0 Å². The SMILES string of the molecule is O=C(C[C@H]1CCCOC1)NCc1ccccc1CN1CCCC1=O. The number of nitrogens with one attached hydrogen (secondary N) is 1. The minimum Gasteiger partial charge on any atom is -0.381 e. The first kappa shape index (κ1) is 17.0. The molecule has 24 heavy (non-hydrogen) atoms. The quantitative estimate of drug-likeness (QED) is 0.870. The lowest BCUT2D eigenvalue weighted by molar-refractivity contribution is -0.128. The topological polar surface area (TPSA) is 58.6 Å². The van der Waals surface area contributed by atoms with E-state index in [1.54, 1.807) is 0 Å². The second-order valence-electron chi connectivity index (χ2n) is 6.75. The first-order valence-electron chi connectivity index (χ1n) is 8.91. The van der Waals surface area contributed by atoms with Crippen LogP contribution in [0.2, 0.25) is 0 Å². The van der Waals surface area contributed by atoms with Gasteiger partial charge in [-0.15, -0.1) is 0 Å². The fraction of sp³-hybridized carbons (Fsp3) is 0.579. The molecular formula is C19H26N2O3. The summed E-state index contributed by atoms with van der Waals surface area (Å²) in [6.45, 7) is 3.51. The number of likely N-dealkylation sites (tertiary alicyclic amines) is 1. The second kappa shape index (κ2) is 8.29. The van der Waals surface area contributed by atoms with Crippen LogP contribution in [0.25, 0.3) is 0 Å². The summed E-state index contributed by atoms with van der Waals surface area (Å²) in [7, 11) is 0.